The van der Waals surface area contributed by atoms with Gasteiger partial charge >= 0.3 is 0 Å². The van der Waals surface area contributed by atoms with Gasteiger partial charge in [0.25, 0.3) is 0 Å². The van der Waals surface area contributed by atoms with E-state index in [9.17, 15) is 14.0 Å². The summed E-state index contributed by atoms with van der Waals surface area (Å²) in [5.74, 6) is -0.450. The fourth-order valence-corrected chi connectivity index (χ4v) is 2.97. The number of benzene rings is 1. The molecular formula is C18H21FN2O2S. The molecular weight excluding hydrogens is 327 g/mol. The number of halogens is 1. The third-order valence-electron chi connectivity index (χ3n) is 3.46. The molecule has 2 aromatic rings. The summed E-state index contributed by atoms with van der Waals surface area (Å²) >= 11 is 1.38. The lowest BCUT2D eigenvalue weighted by molar-refractivity contribution is -0.121. The van der Waals surface area contributed by atoms with Crippen LogP contribution in [-0.2, 0) is 17.9 Å². The van der Waals surface area contributed by atoms with Crippen molar-refractivity contribution in [2.75, 3.05) is 14.1 Å². The van der Waals surface area contributed by atoms with Gasteiger partial charge in [0.15, 0.2) is 5.78 Å². The quantitative estimate of drug-likeness (QED) is 0.745. The molecule has 1 aromatic heterocycles. The van der Waals surface area contributed by atoms with Crippen LogP contribution in [0.2, 0.25) is 0 Å². The summed E-state index contributed by atoms with van der Waals surface area (Å²) in [6.45, 7) is 0.829. The number of carbonyl (C=O) groups excluding carboxylic acids is 2. The lowest BCUT2D eigenvalue weighted by Crippen LogP contribution is -2.23. The number of nitrogens with one attached hydrogen (secondary N) is 1. The maximum Gasteiger partial charge on any atom is 0.220 e. The molecule has 0 aliphatic heterocycles. The van der Waals surface area contributed by atoms with E-state index in [2.05, 4.69) is 5.32 Å². The average Bonchev–Trinajstić information content (AvgIpc) is 3.07. The number of carbonyl (C=O) groups is 2. The van der Waals surface area contributed by atoms with E-state index in [1.165, 1.54) is 17.4 Å². The van der Waals surface area contributed by atoms with Crippen LogP contribution in [0, 0.1) is 5.82 Å². The Bertz CT molecular complexity index is 699. The number of thiophene rings is 1. The van der Waals surface area contributed by atoms with Crippen molar-refractivity contribution in [1.82, 2.24) is 10.2 Å². The molecule has 6 heteroatoms. The number of amides is 1. The van der Waals surface area contributed by atoms with Crippen LogP contribution in [0.25, 0.3) is 0 Å². The fourth-order valence-electron chi connectivity index (χ4n) is 2.28. The molecule has 0 aliphatic rings. The molecule has 4 nitrogen and oxygen atoms in total. The van der Waals surface area contributed by atoms with Gasteiger partial charge in [-0.3, -0.25) is 9.59 Å². The second-order valence-corrected chi connectivity index (χ2v) is 6.79. The highest BCUT2D eigenvalue weighted by molar-refractivity contribution is 7.12. The predicted octanol–water partition coefficient (Wildman–Crippen LogP) is 3.23. The number of hydrogen-bond donors (Lipinski definition) is 1. The molecule has 0 saturated heterocycles. The zero-order chi connectivity index (χ0) is 17.5. The molecule has 128 valence electrons. The minimum atomic E-state index is -0.250. The third-order valence-corrected chi connectivity index (χ3v) is 4.37. The molecule has 24 heavy (non-hydrogen) atoms. The van der Waals surface area contributed by atoms with E-state index in [1.54, 1.807) is 18.2 Å². The highest BCUT2D eigenvalue weighted by Gasteiger charge is 2.10. The first-order valence-corrected chi connectivity index (χ1v) is 8.59. The second-order valence-electron chi connectivity index (χ2n) is 5.84. The summed E-state index contributed by atoms with van der Waals surface area (Å²) in [4.78, 5) is 26.3. The van der Waals surface area contributed by atoms with Crippen molar-refractivity contribution >= 4 is 23.0 Å². The smallest absolute Gasteiger partial charge is 0.220 e. The molecule has 0 atom stereocenters. The van der Waals surface area contributed by atoms with Gasteiger partial charge in [0.05, 0.1) is 4.88 Å². The number of rotatable bonds is 8. The first kappa shape index (κ1) is 18.3. The van der Waals surface area contributed by atoms with E-state index in [-0.39, 0.29) is 30.3 Å². The standard InChI is InChI=1S/C18H21FN2O2S/c1-21(2)12-14-10-13(5-6-15(14)19)11-20-18(23)8-7-16(22)17-4-3-9-24-17/h3-6,9-10H,7-8,11-12H2,1-2H3,(H,20,23). The normalized spacial score (nSPS) is 10.8. The van der Waals surface area contributed by atoms with Crippen LogP contribution in [0.3, 0.4) is 0 Å². The van der Waals surface area contributed by atoms with Crippen LogP contribution in [0.15, 0.2) is 35.7 Å². The molecule has 2 rings (SSSR count). The molecule has 1 amide bonds. The van der Waals surface area contributed by atoms with Crippen LogP contribution in [0.4, 0.5) is 4.39 Å². The minimum absolute atomic E-state index is 0.0183. The van der Waals surface area contributed by atoms with Gasteiger partial charge in [-0.2, -0.15) is 0 Å². The highest BCUT2D eigenvalue weighted by Crippen LogP contribution is 2.13. The van der Waals surface area contributed by atoms with Gasteiger partial charge in [-0.15, -0.1) is 11.3 Å². The molecule has 0 fully saturated rings. The van der Waals surface area contributed by atoms with Crippen molar-refractivity contribution in [1.29, 1.82) is 0 Å². The molecule has 0 spiro atoms. The molecule has 0 bridgehead atoms. The average molecular weight is 348 g/mol. The van der Waals surface area contributed by atoms with E-state index in [4.69, 9.17) is 0 Å². The zero-order valence-corrected chi connectivity index (χ0v) is 14.7. The number of ketones is 1. The van der Waals surface area contributed by atoms with Crippen LogP contribution >= 0.6 is 11.3 Å². The molecule has 1 aromatic carbocycles. The molecule has 1 heterocycles. The van der Waals surface area contributed by atoms with E-state index < -0.39 is 0 Å². The van der Waals surface area contributed by atoms with Gasteiger partial charge in [0, 0.05) is 31.5 Å². The number of hydrogen-bond acceptors (Lipinski definition) is 4. The van der Waals surface area contributed by atoms with Crippen molar-refractivity contribution in [3.8, 4) is 0 Å². The van der Waals surface area contributed by atoms with E-state index in [0.29, 0.717) is 23.5 Å². The van der Waals surface area contributed by atoms with Crippen molar-refractivity contribution in [3.05, 3.63) is 57.5 Å². The topological polar surface area (TPSA) is 49.4 Å². The summed E-state index contributed by atoms with van der Waals surface area (Å²) in [6, 6.07) is 8.41. The fraction of sp³-hybridized carbons (Fsp3) is 0.333. The molecule has 0 aliphatic carbocycles. The van der Waals surface area contributed by atoms with Crippen LogP contribution < -0.4 is 5.32 Å². The Kier molecular flexibility index (Phi) is 6.63. The van der Waals surface area contributed by atoms with Gasteiger partial charge in [-0.05, 0) is 43.2 Å². The minimum Gasteiger partial charge on any atom is -0.352 e. The van der Waals surface area contributed by atoms with Crippen molar-refractivity contribution in [2.24, 2.45) is 0 Å². The monoisotopic (exact) mass is 348 g/mol. The van der Waals surface area contributed by atoms with Crippen LogP contribution in [-0.4, -0.2) is 30.7 Å². The number of Topliss-reactive ketones (excluding diaryl/α,β-unsaturated/α-hetero) is 1. The Labute approximate surface area is 145 Å². The van der Waals surface area contributed by atoms with Gasteiger partial charge in [-0.1, -0.05) is 12.1 Å². The van der Waals surface area contributed by atoms with Gasteiger partial charge in [-0.25, -0.2) is 4.39 Å². The third kappa shape index (κ3) is 5.54. The summed E-state index contributed by atoms with van der Waals surface area (Å²) in [7, 11) is 3.75. The maximum absolute atomic E-state index is 13.7. The summed E-state index contributed by atoms with van der Waals surface area (Å²) in [5, 5.41) is 4.62. The molecule has 0 radical (unpaired) electrons. The lowest BCUT2D eigenvalue weighted by atomic mass is 10.1. The Morgan fingerprint density at radius 3 is 2.67 bits per heavy atom. The molecule has 0 unspecified atom stereocenters. The summed E-state index contributed by atoms with van der Waals surface area (Å²) in [5.41, 5.74) is 1.44. The van der Waals surface area contributed by atoms with Crippen molar-refractivity contribution in [3.63, 3.8) is 0 Å². The van der Waals surface area contributed by atoms with Crippen molar-refractivity contribution < 1.29 is 14.0 Å². The largest absolute Gasteiger partial charge is 0.352 e. The van der Waals surface area contributed by atoms with E-state index in [0.717, 1.165) is 5.56 Å². The molecule has 1 N–H and O–H groups in total. The highest BCUT2D eigenvalue weighted by atomic mass is 32.1. The first-order chi connectivity index (χ1) is 11.5. The summed E-state index contributed by atoms with van der Waals surface area (Å²) in [6.07, 6.45) is 0.351. The Morgan fingerprint density at radius 1 is 1.21 bits per heavy atom. The zero-order valence-electron chi connectivity index (χ0n) is 13.8. The SMILES string of the molecule is CN(C)Cc1cc(CNC(=O)CCC(=O)c2cccs2)ccc1F. The van der Waals surface area contributed by atoms with Crippen molar-refractivity contribution in [2.45, 2.75) is 25.9 Å². The summed E-state index contributed by atoms with van der Waals surface area (Å²) < 4.78 is 13.7. The second kappa shape index (κ2) is 8.70. The number of nitrogens with zero attached hydrogens (tertiary/aromatic N) is 1. The van der Waals surface area contributed by atoms with E-state index in [1.807, 2.05) is 30.4 Å². The van der Waals surface area contributed by atoms with E-state index >= 15 is 0 Å². The van der Waals surface area contributed by atoms with Crippen LogP contribution in [0.5, 0.6) is 0 Å². The lowest BCUT2D eigenvalue weighted by Gasteiger charge is -2.12. The Morgan fingerprint density at radius 2 is 2.00 bits per heavy atom. The Balaban J connectivity index is 1.82. The maximum atomic E-state index is 13.7. The first-order valence-electron chi connectivity index (χ1n) is 7.71. The van der Waals surface area contributed by atoms with Crippen LogP contribution in [0.1, 0.15) is 33.6 Å². The Hall–Kier alpha value is -2.05. The van der Waals surface area contributed by atoms with Gasteiger partial charge in [0.1, 0.15) is 5.82 Å². The van der Waals surface area contributed by atoms with Gasteiger partial charge < -0.3 is 10.2 Å². The molecule has 0 saturated carbocycles. The predicted molar refractivity (Wildman–Crippen MR) is 93.5 cm³/mol. The van der Waals surface area contributed by atoms with Gasteiger partial charge in [0.2, 0.25) is 5.91 Å².